The minimum absolute atomic E-state index is 0.0613. The number of aliphatic hydroxyl groups is 1. The van der Waals surface area contributed by atoms with Gasteiger partial charge in [-0.2, -0.15) is 40.8 Å². The summed E-state index contributed by atoms with van der Waals surface area (Å²) in [6.07, 6.45) is -8.15. The first-order valence-corrected chi connectivity index (χ1v) is 8.81. The van der Waals surface area contributed by atoms with Crippen molar-refractivity contribution >= 4 is 11.6 Å². The predicted molar refractivity (Wildman–Crippen MR) is 95.8 cm³/mol. The number of amides is 1. The molecule has 166 valence electrons. The number of benzene rings is 2. The van der Waals surface area contributed by atoms with Crippen LogP contribution in [0, 0.1) is 6.92 Å². The average molecular weight is 448 g/mol. The lowest BCUT2D eigenvalue weighted by atomic mass is 9.91. The van der Waals surface area contributed by atoms with Gasteiger partial charge in [-0.25, -0.2) is 0 Å². The molecule has 0 bridgehead atoms. The van der Waals surface area contributed by atoms with Crippen molar-refractivity contribution in [3.05, 3.63) is 71.3 Å². The molecule has 11 heteroatoms. The number of hydrogen-bond donors (Lipinski definition) is 1. The second-order valence-electron chi connectivity index (χ2n) is 7.04. The Morgan fingerprint density at radius 2 is 1.52 bits per heavy atom. The zero-order valence-electron chi connectivity index (χ0n) is 15.8. The molecule has 1 N–H and O–H groups in total. The molecule has 3 rings (SSSR count). The van der Waals surface area contributed by atoms with Crippen LogP contribution in [0.25, 0.3) is 0 Å². The summed E-state index contributed by atoms with van der Waals surface area (Å²) in [5.41, 5.74) is -4.35. The normalized spacial score (nSPS) is 20.0. The summed E-state index contributed by atoms with van der Waals surface area (Å²) >= 11 is 0. The number of nitrogens with zero attached hydrogens (tertiary/aromatic N) is 2. The van der Waals surface area contributed by atoms with Crippen molar-refractivity contribution in [3.63, 3.8) is 0 Å². The number of hydrazone groups is 1. The molecule has 1 heterocycles. The first-order valence-electron chi connectivity index (χ1n) is 8.81. The van der Waals surface area contributed by atoms with E-state index in [1.807, 2.05) is 0 Å². The molecule has 4 nitrogen and oxygen atoms in total. The van der Waals surface area contributed by atoms with Crippen molar-refractivity contribution < 1.29 is 40.6 Å². The standard InChI is InChI=1S/C20H15F7N2O2/c1-12-7-9-14(10-8-12)16(30)29-17(31,18(21,22)19(23,24)20(25,26)27)11-15(28-29)13-5-3-2-4-6-13/h2-10,31H,11H2,1H3/t17-/m0/s1. The van der Waals surface area contributed by atoms with Gasteiger partial charge in [-0.1, -0.05) is 48.0 Å². The lowest BCUT2D eigenvalue weighted by Crippen LogP contribution is -2.69. The van der Waals surface area contributed by atoms with Gasteiger partial charge in [0, 0.05) is 12.0 Å². The van der Waals surface area contributed by atoms with E-state index >= 15 is 0 Å². The lowest BCUT2D eigenvalue weighted by molar-refractivity contribution is -0.400. The fourth-order valence-corrected chi connectivity index (χ4v) is 3.04. The van der Waals surface area contributed by atoms with Gasteiger partial charge in [-0.3, -0.25) is 4.79 Å². The maximum atomic E-state index is 14.7. The molecule has 2 aromatic rings. The van der Waals surface area contributed by atoms with Crippen molar-refractivity contribution in [2.24, 2.45) is 5.10 Å². The van der Waals surface area contributed by atoms with Crippen LogP contribution < -0.4 is 0 Å². The molecule has 2 aromatic carbocycles. The third-order valence-electron chi connectivity index (χ3n) is 4.84. The smallest absolute Gasteiger partial charge is 0.364 e. The molecule has 0 saturated carbocycles. The maximum absolute atomic E-state index is 14.7. The molecule has 1 atom stereocenters. The zero-order chi connectivity index (χ0) is 23.2. The van der Waals surface area contributed by atoms with E-state index < -0.39 is 41.8 Å². The van der Waals surface area contributed by atoms with Gasteiger partial charge in [0.15, 0.2) is 0 Å². The number of aryl methyl sites for hydroxylation is 1. The summed E-state index contributed by atoms with van der Waals surface area (Å²) in [5.74, 6) is -14.2. The fourth-order valence-electron chi connectivity index (χ4n) is 3.04. The van der Waals surface area contributed by atoms with E-state index in [2.05, 4.69) is 5.10 Å². The van der Waals surface area contributed by atoms with Gasteiger partial charge >= 0.3 is 18.0 Å². The Morgan fingerprint density at radius 1 is 0.968 bits per heavy atom. The van der Waals surface area contributed by atoms with E-state index in [1.165, 1.54) is 42.5 Å². The lowest BCUT2D eigenvalue weighted by Gasteiger charge is -2.41. The Hall–Kier alpha value is -2.95. The van der Waals surface area contributed by atoms with Crippen LogP contribution in [0.15, 0.2) is 59.7 Å². The Bertz CT molecular complexity index is 1000. The Morgan fingerprint density at radius 3 is 2.03 bits per heavy atom. The quantitative estimate of drug-likeness (QED) is 0.686. The molecule has 31 heavy (non-hydrogen) atoms. The van der Waals surface area contributed by atoms with Gasteiger partial charge in [0.05, 0.1) is 5.71 Å². The second kappa shape index (κ2) is 7.33. The Labute approximate surface area is 171 Å². The van der Waals surface area contributed by atoms with Crippen molar-refractivity contribution in [2.45, 2.75) is 37.1 Å². The molecule has 0 radical (unpaired) electrons. The van der Waals surface area contributed by atoms with Crippen molar-refractivity contribution in [1.29, 1.82) is 0 Å². The fraction of sp³-hybridized carbons (Fsp3) is 0.300. The summed E-state index contributed by atoms with van der Waals surface area (Å²) in [6.45, 7) is 1.64. The van der Waals surface area contributed by atoms with Crippen LogP contribution >= 0.6 is 0 Å². The van der Waals surface area contributed by atoms with E-state index in [9.17, 15) is 40.6 Å². The molecular formula is C20H15F7N2O2. The van der Waals surface area contributed by atoms with Gasteiger partial charge in [-0.05, 0) is 24.6 Å². The molecule has 0 unspecified atom stereocenters. The summed E-state index contributed by atoms with van der Waals surface area (Å²) in [7, 11) is 0. The van der Waals surface area contributed by atoms with E-state index in [0.29, 0.717) is 5.56 Å². The molecule has 0 fully saturated rings. The van der Waals surface area contributed by atoms with Crippen LogP contribution in [0.5, 0.6) is 0 Å². The van der Waals surface area contributed by atoms with Gasteiger partial charge < -0.3 is 5.11 Å². The third-order valence-corrected chi connectivity index (χ3v) is 4.84. The summed E-state index contributed by atoms with van der Waals surface area (Å²) in [4.78, 5) is 12.8. The zero-order valence-corrected chi connectivity index (χ0v) is 15.8. The first-order chi connectivity index (χ1) is 14.2. The van der Waals surface area contributed by atoms with E-state index in [4.69, 9.17) is 0 Å². The topological polar surface area (TPSA) is 52.9 Å². The number of carbonyl (C=O) groups excluding carboxylic acids is 1. The highest BCUT2D eigenvalue weighted by Crippen LogP contribution is 2.54. The van der Waals surface area contributed by atoms with Crippen LogP contribution in [0.4, 0.5) is 30.7 Å². The highest BCUT2D eigenvalue weighted by molar-refractivity contribution is 6.05. The number of carbonyl (C=O) groups is 1. The van der Waals surface area contributed by atoms with Crippen molar-refractivity contribution in [1.82, 2.24) is 5.01 Å². The van der Waals surface area contributed by atoms with Crippen LogP contribution in [0.1, 0.15) is 27.9 Å². The molecule has 1 aliphatic heterocycles. The SMILES string of the molecule is Cc1ccc(C(=O)N2N=C(c3ccccc3)C[C@]2(O)C(F)(F)C(F)(F)C(F)(F)F)cc1. The van der Waals surface area contributed by atoms with Gasteiger partial charge in [0.1, 0.15) is 0 Å². The third kappa shape index (κ3) is 3.56. The van der Waals surface area contributed by atoms with Gasteiger partial charge in [0.25, 0.3) is 5.91 Å². The van der Waals surface area contributed by atoms with Crippen LogP contribution in [0.3, 0.4) is 0 Å². The molecule has 1 aliphatic rings. The Kier molecular flexibility index (Phi) is 5.37. The van der Waals surface area contributed by atoms with Crippen molar-refractivity contribution in [3.8, 4) is 0 Å². The summed E-state index contributed by atoms with van der Waals surface area (Å²) < 4.78 is 95.3. The number of halogens is 7. The molecule has 0 aromatic heterocycles. The highest BCUT2D eigenvalue weighted by Gasteiger charge is 2.82. The van der Waals surface area contributed by atoms with Crippen LogP contribution in [0.2, 0.25) is 0 Å². The Balaban J connectivity index is 2.15. The second-order valence-corrected chi connectivity index (χ2v) is 7.04. The van der Waals surface area contributed by atoms with Crippen molar-refractivity contribution in [2.75, 3.05) is 0 Å². The number of rotatable bonds is 4. The van der Waals surface area contributed by atoms with E-state index in [0.717, 1.165) is 12.1 Å². The summed E-state index contributed by atoms with van der Waals surface area (Å²) in [5, 5.41) is 13.7. The largest absolute Gasteiger partial charge is 0.460 e. The monoisotopic (exact) mass is 448 g/mol. The predicted octanol–water partition coefficient (Wildman–Crippen LogP) is 4.77. The average Bonchev–Trinajstić information content (AvgIpc) is 3.07. The van der Waals surface area contributed by atoms with Crippen LogP contribution in [-0.4, -0.2) is 45.5 Å². The van der Waals surface area contributed by atoms with Gasteiger partial charge in [0.2, 0.25) is 5.72 Å². The number of alkyl halides is 7. The molecule has 0 aliphatic carbocycles. The molecule has 0 spiro atoms. The number of hydrogen-bond acceptors (Lipinski definition) is 3. The van der Waals surface area contributed by atoms with E-state index in [-0.39, 0.29) is 16.1 Å². The maximum Gasteiger partial charge on any atom is 0.460 e. The van der Waals surface area contributed by atoms with E-state index in [1.54, 1.807) is 6.92 Å². The highest BCUT2D eigenvalue weighted by atomic mass is 19.4. The molecular weight excluding hydrogens is 433 g/mol. The first kappa shape index (κ1) is 22.7. The molecule has 1 amide bonds. The molecule has 0 saturated heterocycles. The van der Waals surface area contributed by atoms with Gasteiger partial charge in [-0.15, -0.1) is 0 Å². The van der Waals surface area contributed by atoms with Crippen LogP contribution in [-0.2, 0) is 0 Å². The minimum Gasteiger partial charge on any atom is -0.364 e. The minimum atomic E-state index is -6.69. The summed E-state index contributed by atoms with van der Waals surface area (Å²) in [6, 6.07) is 12.1.